The number of nitrogens with zero attached hydrogens (tertiary/aromatic N) is 1. The van der Waals surface area contributed by atoms with E-state index in [-0.39, 0.29) is 13.2 Å². The molecule has 1 aromatic carbocycles. The van der Waals surface area contributed by atoms with E-state index >= 15 is 0 Å². The standard InChI is InChI=1S/C14H22N2O3/c1-3-16(4-2)11-12-6-5-7-13(10-12)15-14(18)19-9-8-17/h5-7,10,17H,3-4,8-9,11H2,1-2H3,(H,15,18). The van der Waals surface area contributed by atoms with Crippen molar-refractivity contribution in [1.82, 2.24) is 4.90 Å². The Kier molecular flexibility index (Phi) is 6.92. The molecule has 0 radical (unpaired) electrons. The van der Waals surface area contributed by atoms with E-state index in [1.54, 1.807) is 0 Å². The number of rotatable bonds is 7. The average Bonchev–Trinajstić information content (AvgIpc) is 2.43. The minimum atomic E-state index is -0.547. The van der Waals surface area contributed by atoms with Crippen LogP contribution < -0.4 is 5.32 Å². The van der Waals surface area contributed by atoms with Crippen LogP contribution in [-0.2, 0) is 11.3 Å². The molecule has 0 fully saturated rings. The number of benzene rings is 1. The van der Waals surface area contributed by atoms with E-state index in [0.717, 1.165) is 25.2 Å². The quantitative estimate of drug-likeness (QED) is 0.793. The highest BCUT2D eigenvalue weighted by Crippen LogP contribution is 2.13. The third kappa shape index (κ3) is 5.72. The lowest BCUT2D eigenvalue weighted by molar-refractivity contribution is 0.131. The first kappa shape index (κ1) is 15.5. The highest BCUT2D eigenvalue weighted by atomic mass is 16.6. The Morgan fingerprint density at radius 2 is 2.11 bits per heavy atom. The van der Waals surface area contributed by atoms with Crippen LogP contribution in [0.15, 0.2) is 24.3 Å². The van der Waals surface area contributed by atoms with E-state index in [4.69, 9.17) is 9.84 Å². The van der Waals surface area contributed by atoms with E-state index in [2.05, 4.69) is 24.1 Å². The molecule has 0 aliphatic rings. The molecule has 0 aliphatic carbocycles. The van der Waals surface area contributed by atoms with Gasteiger partial charge >= 0.3 is 6.09 Å². The van der Waals surface area contributed by atoms with Gasteiger partial charge in [0.15, 0.2) is 0 Å². The normalized spacial score (nSPS) is 10.5. The summed E-state index contributed by atoms with van der Waals surface area (Å²) in [5.41, 5.74) is 1.84. The number of carbonyl (C=O) groups excluding carboxylic acids is 1. The van der Waals surface area contributed by atoms with Gasteiger partial charge in [-0.2, -0.15) is 0 Å². The van der Waals surface area contributed by atoms with Crippen molar-refractivity contribution in [2.75, 3.05) is 31.6 Å². The Bertz CT molecular complexity index is 392. The number of carbonyl (C=O) groups is 1. The number of ether oxygens (including phenoxy) is 1. The zero-order chi connectivity index (χ0) is 14.1. The summed E-state index contributed by atoms with van der Waals surface area (Å²) in [5, 5.41) is 11.2. The molecular formula is C14H22N2O3. The summed E-state index contributed by atoms with van der Waals surface area (Å²) in [7, 11) is 0. The van der Waals surface area contributed by atoms with Crippen molar-refractivity contribution in [3.63, 3.8) is 0 Å². The third-order valence-electron chi connectivity index (χ3n) is 2.80. The lowest BCUT2D eigenvalue weighted by atomic mass is 10.2. The number of hydrogen-bond donors (Lipinski definition) is 2. The second-order valence-corrected chi connectivity index (χ2v) is 4.15. The monoisotopic (exact) mass is 266 g/mol. The van der Waals surface area contributed by atoms with E-state index in [9.17, 15) is 4.79 Å². The van der Waals surface area contributed by atoms with E-state index < -0.39 is 6.09 Å². The van der Waals surface area contributed by atoms with Gasteiger partial charge in [0.1, 0.15) is 6.61 Å². The summed E-state index contributed by atoms with van der Waals surface area (Å²) in [4.78, 5) is 13.7. The van der Waals surface area contributed by atoms with Crippen LogP contribution in [0.2, 0.25) is 0 Å². The summed E-state index contributed by atoms with van der Waals surface area (Å²) >= 11 is 0. The van der Waals surface area contributed by atoms with E-state index in [1.165, 1.54) is 0 Å². The molecule has 0 heterocycles. The Hall–Kier alpha value is -1.59. The van der Waals surface area contributed by atoms with Gasteiger partial charge in [0.25, 0.3) is 0 Å². The molecule has 0 atom stereocenters. The molecule has 2 N–H and O–H groups in total. The molecule has 0 saturated carbocycles. The highest BCUT2D eigenvalue weighted by molar-refractivity contribution is 5.84. The molecule has 5 heteroatoms. The van der Waals surface area contributed by atoms with Gasteiger partial charge < -0.3 is 9.84 Å². The fraction of sp³-hybridized carbons (Fsp3) is 0.500. The van der Waals surface area contributed by atoms with Gasteiger partial charge in [-0.1, -0.05) is 26.0 Å². The van der Waals surface area contributed by atoms with Crippen molar-refractivity contribution in [2.24, 2.45) is 0 Å². The second kappa shape index (κ2) is 8.50. The molecule has 106 valence electrons. The first-order valence-electron chi connectivity index (χ1n) is 6.55. The van der Waals surface area contributed by atoms with E-state index in [1.807, 2.05) is 24.3 Å². The van der Waals surface area contributed by atoms with Gasteiger partial charge in [-0.15, -0.1) is 0 Å². The Labute approximate surface area is 114 Å². The highest BCUT2D eigenvalue weighted by Gasteiger charge is 2.05. The molecule has 0 spiro atoms. The smallest absolute Gasteiger partial charge is 0.411 e. The first-order chi connectivity index (χ1) is 9.19. The van der Waals surface area contributed by atoms with Gasteiger partial charge in [0, 0.05) is 12.2 Å². The zero-order valence-corrected chi connectivity index (χ0v) is 11.6. The SMILES string of the molecule is CCN(CC)Cc1cccc(NC(=O)OCCO)c1. The molecule has 0 aliphatic heterocycles. The van der Waals surface area contributed by atoms with Crippen LogP contribution in [0.3, 0.4) is 0 Å². The van der Waals surface area contributed by atoms with Crippen molar-refractivity contribution in [3.05, 3.63) is 29.8 Å². The van der Waals surface area contributed by atoms with Crippen LogP contribution in [0, 0.1) is 0 Å². The molecule has 1 rings (SSSR count). The number of hydrogen-bond acceptors (Lipinski definition) is 4. The maximum Gasteiger partial charge on any atom is 0.411 e. The Morgan fingerprint density at radius 3 is 2.74 bits per heavy atom. The molecular weight excluding hydrogens is 244 g/mol. The summed E-state index contributed by atoms with van der Waals surface area (Å²) in [5.74, 6) is 0. The molecule has 0 bridgehead atoms. The van der Waals surface area contributed by atoms with Crippen LogP contribution in [0.4, 0.5) is 10.5 Å². The van der Waals surface area contributed by atoms with Crippen molar-refractivity contribution >= 4 is 11.8 Å². The zero-order valence-electron chi connectivity index (χ0n) is 11.6. The van der Waals surface area contributed by atoms with Crippen LogP contribution >= 0.6 is 0 Å². The molecule has 0 unspecified atom stereocenters. The fourth-order valence-corrected chi connectivity index (χ4v) is 1.75. The van der Waals surface area contributed by atoms with Gasteiger partial charge in [0.2, 0.25) is 0 Å². The maximum atomic E-state index is 11.4. The van der Waals surface area contributed by atoms with Crippen LogP contribution in [-0.4, -0.2) is 42.4 Å². The van der Waals surface area contributed by atoms with Crippen LogP contribution in [0.25, 0.3) is 0 Å². The van der Waals surface area contributed by atoms with E-state index in [0.29, 0.717) is 5.69 Å². The summed E-state index contributed by atoms with van der Waals surface area (Å²) < 4.78 is 4.75. The Morgan fingerprint density at radius 1 is 1.37 bits per heavy atom. The first-order valence-corrected chi connectivity index (χ1v) is 6.55. The van der Waals surface area contributed by atoms with Crippen LogP contribution in [0.1, 0.15) is 19.4 Å². The number of anilines is 1. The van der Waals surface area contributed by atoms with Crippen molar-refractivity contribution in [1.29, 1.82) is 0 Å². The molecule has 5 nitrogen and oxygen atoms in total. The number of aliphatic hydroxyl groups is 1. The Balaban J connectivity index is 2.58. The van der Waals surface area contributed by atoms with Gasteiger partial charge in [-0.25, -0.2) is 4.79 Å². The molecule has 19 heavy (non-hydrogen) atoms. The van der Waals surface area contributed by atoms with Gasteiger partial charge in [-0.3, -0.25) is 10.2 Å². The predicted molar refractivity (Wildman–Crippen MR) is 75.1 cm³/mol. The molecule has 0 aromatic heterocycles. The summed E-state index contributed by atoms with van der Waals surface area (Å²) in [6.07, 6.45) is -0.547. The second-order valence-electron chi connectivity index (χ2n) is 4.15. The number of aliphatic hydroxyl groups excluding tert-OH is 1. The minimum Gasteiger partial charge on any atom is -0.447 e. The van der Waals surface area contributed by atoms with Crippen LogP contribution in [0.5, 0.6) is 0 Å². The topological polar surface area (TPSA) is 61.8 Å². The fourth-order valence-electron chi connectivity index (χ4n) is 1.75. The molecule has 1 amide bonds. The van der Waals surface area contributed by atoms with Crippen molar-refractivity contribution < 1.29 is 14.6 Å². The third-order valence-corrected chi connectivity index (χ3v) is 2.80. The van der Waals surface area contributed by atoms with Crippen molar-refractivity contribution in [3.8, 4) is 0 Å². The summed E-state index contributed by atoms with van der Waals surface area (Å²) in [6.45, 7) is 6.92. The van der Waals surface area contributed by atoms with Gasteiger partial charge in [0.05, 0.1) is 6.61 Å². The van der Waals surface area contributed by atoms with Gasteiger partial charge in [-0.05, 0) is 30.8 Å². The lowest BCUT2D eigenvalue weighted by Crippen LogP contribution is -2.22. The lowest BCUT2D eigenvalue weighted by Gasteiger charge is -2.18. The predicted octanol–water partition coefficient (Wildman–Crippen LogP) is 2.07. The molecule has 1 aromatic rings. The number of nitrogens with one attached hydrogen (secondary N) is 1. The minimum absolute atomic E-state index is 0.00493. The average molecular weight is 266 g/mol. The van der Waals surface area contributed by atoms with Crippen molar-refractivity contribution in [2.45, 2.75) is 20.4 Å². The number of amides is 1. The largest absolute Gasteiger partial charge is 0.447 e. The maximum absolute atomic E-state index is 11.4. The molecule has 0 saturated heterocycles. The summed E-state index contributed by atoms with van der Waals surface area (Å²) in [6, 6.07) is 7.67.